The van der Waals surface area contributed by atoms with Crippen LogP contribution in [0.4, 0.5) is 5.82 Å². The van der Waals surface area contributed by atoms with Crippen LogP contribution in [0, 0.1) is 6.92 Å². The molecule has 0 fully saturated rings. The molecule has 1 aliphatic rings. The van der Waals surface area contributed by atoms with Crippen LogP contribution in [0.5, 0.6) is 0 Å². The van der Waals surface area contributed by atoms with Gasteiger partial charge in [-0.05, 0) is 30.7 Å². The lowest BCUT2D eigenvalue weighted by Crippen LogP contribution is -2.35. The van der Waals surface area contributed by atoms with Crippen LogP contribution < -0.4 is 10.6 Å². The number of benzene rings is 1. The third-order valence-electron chi connectivity index (χ3n) is 4.57. The zero-order valence-electron chi connectivity index (χ0n) is 15.5. The second-order valence-electron chi connectivity index (χ2n) is 6.72. The Morgan fingerprint density at radius 2 is 1.93 bits per heavy atom. The molecular weight excluding hydrogens is 396 g/mol. The summed E-state index contributed by atoms with van der Waals surface area (Å²) < 4.78 is 30.6. The first-order chi connectivity index (χ1) is 13.8. The Kier molecular flexibility index (Phi) is 4.71. The van der Waals surface area contributed by atoms with E-state index in [1.54, 1.807) is 18.2 Å². The Hall–Kier alpha value is -3.40. The van der Waals surface area contributed by atoms with E-state index in [0.29, 0.717) is 22.7 Å². The van der Waals surface area contributed by atoms with Crippen LogP contribution in [0.1, 0.15) is 22.6 Å². The number of carbonyl (C=O) groups excluding carboxylic acids is 2. The van der Waals surface area contributed by atoms with Crippen molar-refractivity contribution in [2.75, 3.05) is 5.32 Å². The maximum atomic E-state index is 12.5. The van der Waals surface area contributed by atoms with Crippen LogP contribution in [-0.2, 0) is 37.5 Å². The highest BCUT2D eigenvalue weighted by atomic mass is 32.2. The van der Waals surface area contributed by atoms with Crippen molar-refractivity contribution in [2.45, 2.75) is 25.0 Å². The number of hydrogen-bond donors (Lipinski definition) is 2. The summed E-state index contributed by atoms with van der Waals surface area (Å²) in [7, 11) is -3.33. The molecule has 0 atom stereocenters. The van der Waals surface area contributed by atoms with Gasteiger partial charge in [-0.3, -0.25) is 9.59 Å². The van der Waals surface area contributed by atoms with E-state index in [9.17, 15) is 18.0 Å². The van der Waals surface area contributed by atoms with Crippen LogP contribution in [0.2, 0.25) is 0 Å². The Labute approximate surface area is 166 Å². The van der Waals surface area contributed by atoms with Crippen LogP contribution in [-0.4, -0.2) is 30.0 Å². The minimum absolute atomic E-state index is 0.0583. The van der Waals surface area contributed by atoms with E-state index in [0.717, 1.165) is 5.56 Å². The number of nitrogens with zero attached hydrogens (tertiary/aromatic N) is 2. The quantitative estimate of drug-likeness (QED) is 0.623. The summed E-state index contributed by atoms with van der Waals surface area (Å²) in [6.45, 7) is 1.93. The van der Waals surface area contributed by atoms with E-state index in [1.165, 1.54) is 10.9 Å². The number of fused-ring (bicyclic) bond motifs is 1. The van der Waals surface area contributed by atoms with Gasteiger partial charge < -0.3 is 15.1 Å². The highest BCUT2D eigenvalue weighted by molar-refractivity contribution is 7.90. The Morgan fingerprint density at radius 1 is 1.14 bits per heavy atom. The second-order valence-corrected chi connectivity index (χ2v) is 8.79. The number of aryl methyl sites for hydroxylation is 1. The fraction of sp³-hybridized carbons (Fsp3) is 0.211. The molecule has 3 aromatic rings. The van der Waals surface area contributed by atoms with Crippen molar-refractivity contribution < 1.29 is 22.4 Å². The summed E-state index contributed by atoms with van der Waals surface area (Å²) in [5.74, 6) is -1.53. The van der Waals surface area contributed by atoms with Crippen LogP contribution >= 0.6 is 0 Å². The van der Waals surface area contributed by atoms with E-state index in [1.807, 2.05) is 25.1 Å². The molecule has 2 aromatic heterocycles. The molecule has 0 radical (unpaired) electrons. The molecular formula is C19H18N4O5S. The van der Waals surface area contributed by atoms with Crippen LogP contribution in [0.25, 0.3) is 5.69 Å². The van der Waals surface area contributed by atoms with Crippen molar-refractivity contribution in [3.05, 3.63) is 65.2 Å². The topological polar surface area (TPSA) is 123 Å². The number of aromatic nitrogens is 2. The number of nitrogens with one attached hydrogen (secondary N) is 2. The maximum absolute atomic E-state index is 12.5. The molecule has 0 spiro atoms. The van der Waals surface area contributed by atoms with E-state index < -0.39 is 21.7 Å². The van der Waals surface area contributed by atoms with Crippen molar-refractivity contribution >= 4 is 27.5 Å². The summed E-state index contributed by atoms with van der Waals surface area (Å²) in [5.41, 5.74) is 2.35. The molecule has 0 saturated heterocycles. The molecule has 0 unspecified atom stereocenters. The maximum Gasteiger partial charge on any atom is 0.314 e. The molecule has 29 heavy (non-hydrogen) atoms. The second kappa shape index (κ2) is 7.21. The van der Waals surface area contributed by atoms with Gasteiger partial charge in [0, 0.05) is 5.56 Å². The predicted molar refractivity (Wildman–Crippen MR) is 104 cm³/mol. The minimum atomic E-state index is -3.33. The first-order valence-corrected chi connectivity index (χ1v) is 10.6. The van der Waals surface area contributed by atoms with E-state index >= 15 is 0 Å². The molecule has 0 bridgehead atoms. The number of para-hydroxylation sites is 1. The first-order valence-electron chi connectivity index (χ1n) is 8.83. The van der Waals surface area contributed by atoms with Gasteiger partial charge in [0.2, 0.25) is 0 Å². The lowest BCUT2D eigenvalue weighted by Gasteiger charge is -2.12. The number of carbonyl (C=O) groups is 2. The van der Waals surface area contributed by atoms with Crippen molar-refractivity contribution in [2.24, 2.45) is 0 Å². The number of furan rings is 1. The molecule has 4 rings (SSSR count). The van der Waals surface area contributed by atoms with Gasteiger partial charge in [0.15, 0.2) is 9.84 Å². The summed E-state index contributed by atoms with van der Waals surface area (Å²) in [6, 6.07) is 10.7. The highest BCUT2D eigenvalue weighted by Gasteiger charge is 2.34. The molecule has 0 saturated carbocycles. The Morgan fingerprint density at radius 3 is 2.66 bits per heavy atom. The molecule has 1 aliphatic heterocycles. The summed E-state index contributed by atoms with van der Waals surface area (Å²) in [4.78, 5) is 24.6. The largest absolute Gasteiger partial charge is 0.467 e. The summed E-state index contributed by atoms with van der Waals surface area (Å²) in [5, 5.41) is 9.39. The number of sulfone groups is 1. The van der Waals surface area contributed by atoms with Gasteiger partial charge >= 0.3 is 11.8 Å². The Balaban J connectivity index is 1.63. The van der Waals surface area contributed by atoms with Crippen molar-refractivity contribution in [3.63, 3.8) is 0 Å². The third-order valence-corrected chi connectivity index (χ3v) is 6.01. The van der Waals surface area contributed by atoms with E-state index in [4.69, 9.17) is 4.42 Å². The number of anilines is 1. The fourth-order valence-electron chi connectivity index (χ4n) is 3.17. The van der Waals surface area contributed by atoms with Crippen molar-refractivity contribution in [3.8, 4) is 5.69 Å². The molecule has 0 aliphatic carbocycles. The number of amides is 2. The zero-order valence-corrected chi connectivity index (χ0v) is 16.3. The van der Waals surface area contributed by atoms with Crippen LogP contribution in [0.3, 0.4) is 0 Å². The monoisotopic (exact) mass is 414 g/mol. The van der Waals surface area contributed by atoms with Gasteiger partial charge in [0.1, 0.15) is 11.6 Å². The first kappa shape index (κ1) is 18.9. The smallest absolute Gasteiger partial charge is 0.314 e. The molecule has 10 heteroatoms. The molecule has 1 aromatic carbocycles. The highest BCUT2D eigenvalue weighted by Crippen LogP contribution is 2.33. The summed E-state index contributed by atoms with van der Waals surface area (Å²) in [6.07, 6.45) is 1.46. The molecule has 2 amide bonds. The number of hydrogen-bond acceptors (Lipinski definition) is 6. The third kappa shape index (κ3) is 3.79. The zero-order chi connectivity index (χ0) is 20.6. The number of rotatable bonds is 4. The minimum Gasteiger partial charge on any atom is -0.467 e. The standard InChI is InChI=1S/C19H18N4O5S/c1-12-5-2-3-7-16(12)23-17(14-10-29(26,27)11-15(14)22-23)21-19(25)18(24)20-9-13-6-4-8-28-13/h2-8H,9-11H2,1H3,(H,20,24)(H,21,25). The van der Waals surface area contributed by atoms with Crippen molar-refractivity contribution in [1.29, 1.82) is 0 Å². The van der Waals surface area contributed by atoms with Gasteiger partial charge in [-0.15, -0.1) is 0 Å². The molecule has 150 valence electrons. The lowest BCUT2D eigenvalue weighted by molar-refractivity contribution is -0.136. The fourth-order valence-corrected chi connectivity index (χ4v) is 4.67. The SMILES string of the molecule is Cc1ccccc1-n1nc2c(c1NC(=O)C(=O)NCc1ccco1)CS(=O)(=O)C2. The van der Waals surface area contributed by atoms with E-state index in [-0.39, 0.29) is 23.9 Å². The molecule has 9 nitrogen and oxygen atoms in total. The Bertz CT molecular complexity index is 1200. The van der Waals surface area contributed by atoms with Crippen LogP contribution in [0.15, 0.2) is 47.1 Å². The van der Waals surface area contributed by atoms with Gasteiger partial charge in [-0.1, -0.05) is 18.2 Å². The average molecular weight is 414 g/mol. The average Bonchev–Trinajstić information content (AvgIpc) is 3.36. The molecule has 3 heterocycles. The van der Waals surface area contributed by atoms with Crippen molar-refractivity contribution in [1.82, 2.24) is 15.1 Å². The van der Waals surface area contributed by atoms with Gasteiger partial charge in [0.05, 0.1) is 35.7 Å². The summed E-state index contributed by atoms with van der Waals surface area (Å²) >= 11 is 0. The van der Waals surface area contributed by atoms with Gasteiger partial charge in [-0.2, -0.15) is 5.10 Å². The molecule has 2 N–H and O–H groups in total. The van der Waals surface area contributed by atoms with E-state index in [2.05, 4.69) is 15.7 Å². The normalized spacial score (nSPS) is 14.4. The van der Waals surface area contributed by atoms with Gasteiger partial charge in [-0.25, -0.2) is 13.1 Å². The predicted octanol–water partition coefficient (Wildman–Crippen LogP) is 1.46. The lowest BCUT2D eigenvalue weighted by atomic mass is 10.2. The van der Waals surface area contributed by atoms with Gasteiger partial charge in [0.25, 0.3) is 0 Å².